The Morgan fingerprint density at radius 3 is 2.38 bits per heavy atom. The van der Waals surface area contributed by atoms with Crippen LogP contribution in [0.2, 0.25) is 0 Å². The fraction of sp³-hybridized carbons (Fsp3) is 0.0312. The maximum atomic E-state index is 13.2. The van der Waals surface area contributed by atoms with Crippen LogP contribution in [0.5, 0.6) is 5.75 Å². The molecule has 2 heterocycles. The molecule has 4 N–H and O–H groups in total. The summed E-state index contributed by atoms with van der Waals surface area (Å²) in [5.41, 5.74) is 11.0. The molecule has 0 radical (unpaired) electrons. The van der Waals surface area contributed by atoms with Gasteiger partial charge in [0.1, 0.15) is 18.1 Å². The summed E-state index contributed by atoms with van der Waals surface area (Å²) in [6, 6.07) is 37.0. The van der Waals surface area contributed by atoms with Gasteiger partial charge in [-0.3, -0.25) is 15.6 Å². The highest BCUT2D eigenvalue weighted by atomic mass is 32.1. The fourth-order valence-corrected chi connectivity index (χ4v) is 4.68. The summed E-state index contributed by atoms with van der Waals surface area (Å²) < 4.78 is 5.89. The molecule has 2 aromatic heterocycles. The SMILES string of the molecule is O=C(NNC(=S)Nc1cccc(OCc2ccccc2)c1)c1cc2c([nH]c3ccccc32)c(-c2ccccc2)n1. The lowest BCUT2D eigenvalue weighted by Gasteiger charge is -2.13. The molecule has 4 aromatic carbocycles. The lowest BCUT2D eigenvalue weighted by atomic mass is 10.1. The number of anilines is 1. The monoisotopic (exact) mass is 543 g/mol. The highest BCUT2D eigenvalue weighted by molar-refractivity contribution is 7.80. The van der Waals surface area contributed by atoms with E-state index in [0.29, 0.717) is 18.1 Å². The maximum absolute atomic E-state index is 13.2. The molecule has 6 rings (SSSR count). The molecule has 0 saturated carbocycles. The second-order valence-corrected chi connectivity index (χ2v) is 9.56. The lowest BCUT2D eigenvalue weighted by Crippen LogP contribution is -2.44. The van der Waals surface area contributed by atoms with E-state index in [-0.39, 0.29) is 10.8 Å². The van der Waals surface area contributed by atoms with E-state index in [1.54, 1.807) is 6.07 Å². The number of carbonyl (C=O) groups excluding carboxylic acids is 1. The number of para-hydroxylation sites is 1. The van der Waals surface area contributed by atoms with Crippen molar-refractivity contribution in [3.8, 4) is 17.0 Å². The lowest BCUT2D eigenvalue weighted by molar-refractivity contribution is 0.0939. The smallest absolute Gasteiger partial charge is 0.288 e. The number of nitrogens with zero attached hydrogens (tertiary/aromatic N) is 1. The molecule has 0 fully saturated rings. The van der Waals surface area contributed by atoms with E-state index in [1.807, 2.05) is 109 Å². The molecule has 0 aliphatic heterocycles. The van der Waals surface area contributed by atoms with E-state index in [1.165, 1.54) is 0 Å². The predicted octanol–water partition coefficient (Wildman–Crippen LogP) is 6.59. The first-order valence-electron chi connectivity index (χ1n) is 12.7. The topological polar surface area (TPSA) is 91.1 Å². The summed E-state index contributed by atoms with van der Waals surface area (Å²) in [6.07, 6.45) is 0. The van der Waals surface area contributed by atoms with E-state index < -0.39 is 5.91 Å². The van der Waals surface area contributed by atoms with Crippen molar-refractivity contribution in [1.82, 2.24) is 20.8 Å². The van der Waals surface area contributed by atoms with Crippen molar-refractivity contribution in [3.05, 3.63) is 127 Å². The molecule has 8 heteroatoms. The Bertz CT molecular complexity index is 1820. The summed E-state index contributed by atoms with van der Waals surface area (Å²) in [5, 5.41) is 5.24. The zero-order valence-electron chi connectivity index (χ0n) is 21.3. The average Bonchev–Trinajstić information content (AvgIpc) is 3.38. The third-order valence-electron chi connectivity index (χ3n) is 6.41. The van der Waals surface area contributed by atoms with Gasteiger partial charge in [0.25, 0.3) is 5.91 Å². The molecule has 40 heavy (non-hydrogen) atoms. The molecule has 6 aromatic rings. The quantitative estimate of drug-likeness (QED) is 0.140. The van der Waals surface area contributed by atoms with Gasteiger partial charge < -0.3 is 15.0 Å². The number of thiocarbonyl (C=S) groups is 1. The number of fused-ring (bicyclic) bond motifs is 3. The van der Waals surface area contributed by atoms with E-state index in [4.69, 9.17) is 21.9 Å². The summed E-state index contributed by atoms with van der Waals surface area (Å²) in [6.45, 7) is 0.460. The van der Waals surface area contributed by atoms with Crippen LogP contribution in [0.4, 0.5) is 5.69 Å². The summed E-state index contributed by atoms with van der Waals surface area (Å²) in [4.78, 5) is 21.4. The molecule has 0 aliphatic rings. The van der Waals surface area contributed by atoms with Crippen LogP contribution in [0.1, 0.15) is 16.1 Å². The predicted molar refractivity (Wildman–Crippen MR) is 163 cm³/mol. The number of pyridine rings is 1. The van der Waals surface area contributed by atoms with Gasteiger partial charge in [0.05, 0.1) is 11.2 Å². The summed E-state index contributed by atoms with van der Waals surface area (Å²) in [5.74, 6) is 0.291. The van der Waals surface area contributed by atoms with Gasteiger partial charge in [-0.1, -0.05) is 84.9 Å². The molecule has 0 aliphatic carbocycles. The standard InChI is InChI=1S/C32H25N5O2S/c38-31(36-37-32(40)33-23-14-9-15-24(18-23)39-20-21-10-3-1-4-11-21)28-19-26-25-16-7-8-17-27(25)34-30(26)29(35-28)22-12-5-2-6-13-22/h1-19,34H,20H2,(H,36,38)(H2,33,37,40). The van der Waals surface area contributed by atoms with Gasteiger partial charge in [0.2, 0.25) is 0 Å². The zero-order chi connectivity index (χ0) is 27.3. The van der Waals surface area contributed by atoms with Crippen LogP contribution in [-0.4, -0.2) is 21.0 Å². The van der Waals surface area contributed by atoms with Crippen LogP contribution in [-0.2, 0) is 6.61 Å². The number of hydrazine groups is 1. The van der Waals surface area contributed by atoms with Gasteiger partial charge in [0.15, 0.2) is 5.11 Å². The molecule has 1 amide bonds. The van der Waals surface area contributed by atoms with Gasteiger partial charge in [-0.15, -0.1) is 0 Å². The van der Waals surface area contributed by atoms with Crippen molar-refractivity contribution in [2.75, 3.05) is 5.32 Å². The molecule has 0 spiro atoms. The second kappa shape index (κ2) is 11.3. The van der Waals surface area contributed by atoms with E-state index >= 15 is 0 Å². The van der Waals surface area contributed by atoms with Gasteiger partial charge >= 0.3 is 0 Å². The summed E-state index contributed by atoms with van der Waals surface area (Å²) in [7, 11) is 0. The molecular weight excluding hydrogens is 518 g/mol. The number of carbonyl (C=O) groups is 1. The van der Waals surface area contributed by atoms with Crippen LogP contribution in [0.15, 0.2) is 115 Å². The summed E-state index contributed by atoms with van der Waals surface area (Å²) >= 11 is 5.41. The number of aromatic amines is 1. The Morgan fingerprint density at radius 1 is 0.800 bits per heavy atom. The van der Waals surface area contributed by atoms with Crippen molar-refractivity contribution in [2.45, 2.75) is 6.61 Å². The molecule has 196 valence electrons. The molecular formula is C32H25N5O2S. The number of H-pyrrole nitrogens is 1. The van der Waals surface area contributed by atoms with Crippen LogP contribution >= 0.6 is 12.2 Å². The molecule has 7 nitrogen and oxygen atoms in total. The Balaban J connectivity index is 1.16. The van der Waals surface area contributed by atoms with Gasteiger partial charge in [-0.2, -0.15) is 0 Å². The number of aromatic nitrogens is 2. The Kier molecular flexibility index (Phi) is 7.07. The van der Waals surface area contributed by atoms with Crippen molar-refractivity contribution in [1.29, 1.82) is 0 Å². The number of hydrogen-bond donors (Lipinski definition) is 4. The molecule has 0 unspecified atom stereocenters. The van der Waals surface area contributed by atoms with Crippen LogP contribution in [0.25, 0.3) is 33.1 Å². The minimum Gasteiger partial charge on any atom is -0.489 e. The largest absolute Gasteiger partial charge is 0.489 e. The third-order valence-corrected chi connectivity index (χ3v) is 6.61. The third kappa shape index (κ3) is 5.48. The van der Waals surface area contributed by atoms with Gasteiger partial charge in [0, 0.05) is 33.6 Å². The van der Waals surface area contributed by atoms with E-state index in [2.05, 4.69) is 21.2 Å². The van der Waals surface area contributed by atoms with Crippen LogP contribution in [0, 0.1) is 0 Å². The van der Waals surface area contributed by atoms with Crippen molar-refractivity contribution >= 4 is 50.7 Å². The van der Waals surface area contributed by atoms with E-state index in [9.17, 15) is 4.79 Å². The van der Waals surface area contributed by atoms with Crippen LogP contribution < -0.4 is 20.9 Å². The number of benzene rings is 4. The first-order valence-corrected chi connectivity index (χ1v) is 13.2. The highest BCUT2D eigenvalue weighted by Gasteiger charge is 2.17. The molecule has 0 atom stereocenters. The Labute approximate surface area is 236 Å². The van der Waals surface area contributed by atoms with Crippen molar-refractivity contribution < 1.29 is 9.53 Å². The Hall–Kier alpha value is -5.21. The zero-order valence-corrected chi connectivity index (χ0v) is 22.2. The molecule has 0 saturated heterocycles. The maximum Gasteiger partial charge on any atom is 0.288 e. The minimum absolute atomic E-state index is 0.227. The minimum atomic E-state index is -0.409. The van der Waals surface area contributed by atoms with Gasteiger partial charge in [-0.25, -0.2) is 4.98 Å². The number of rotatable bonds is 6. The number of amides is 1. The van der Waals surface area contributed by atoms with Gasteiger partial charge in [-0.05, 0) is 42.0 Å². The fourth-order valence-electron chi connectivity index (χ4n) is 4.51. The second-order valence-electron chi connectivity index (χ2n) is 9.15. The van der Waals surface area contributed by atoms with Crippen LogP contribution in [0.3, 0.4) is 0 Å². The first-order chi connectivity index (χ1) is 19.6. The normalized spacial score (nSPS) is 10.8. The number of nitrogens with one attached hydrogen (secondary N) is 4. The molecule has 0 bridgehead atoms. The number of ether oxygens (including phenoxy) is 1. The highest BCUT2D eigenvalue weighted by Crippen LogP contribution is 2.32. The van der Waals surface area contributed by atoms with Crippen molar-refractivity contribution in [2.24, 2.45) is 0 Å². The number of hydrogen-bond acceptors (Lipinski definition) is 4. The first kappa shape index (κ1) is 25.1. The van der Waals surface area contributed by atoms with E-state index in [0.717, 1.165) is 38.6 Å². The average molecular weight is 544 g/mol. The Morgan fingerprint density at radius 2 is 1.55 bits per heavy atom. The van der Waals surface area contributed by atoms with Crippen molar-refractivity contribution in [3.63, 3.8) is 0 Å².